The molecule has 2 heteroatoms. The first-order chi connectivity index (χ1) is 8.35. The van der Waals surface area contributed by atoms with Crippen LogP contribution in [0, 0.1) is 17.8 Å². The molecule has 2 bridgehead atoms. The lowest BCUT2D eigenvalue weighted by molar-refractivity contribution is 0.348. The van der Waals surface area contributed by atoms with Gasteiger partial charge in [0.15, 0.2) is 0 Å². The van der Waals surface area contributed by atoms with Crippen molar-refractivity contribution < 1.29 is 0 Å². The highest BCUT2D eigenvalue weighted by Crippen LogP contribution is 2.48. The van der Waals surface area contributed by atoms with E-state index in [1.54, 1.807) is 0 Å². The summed E-state index contributed by atoms with van der Waals surface area (Å²) in [5.41, 5.74) is 2.43. The molecule has 0 aliphatic heterocycles. The van der Waals surface area contributed by atoms with Gasteiger partial charge in [-0.3, -0.25) is 0 Å². The van der Waals surface area contributed by atoms with Crippen LogP contribution in [0.3, 0.4) is 0 Å². The molecule has 0 amide bonds. The second-order valence-electron chi connectivity index (χ2n) is 5.65. The number of alkyl halides is 1. The molecule has 3 rings (SSSR count). The van der Waals surface area contributed by atoms with E-state index in [1.807, 2.05) is 0 Å². The van der Waals surface area contributed by atoms with Crippen molar-refractivity contribution in [2.75, 3.05) is 11.9 Å². The number of hydrogen-bond acceptors (Lipinski definition) is 1. The first-order valence-corrected chi connectivity index (χ1v) is 7.27. The molecule has 92 valence electrons. The second-order valence-corrected chi connectivity index (χ2v) is 5.91. The summed E-state index contributed by atoms with van der Waals surface area (Å²) >= 11 is 5.78. The van der Waals surface area contributed by atoms with Crippen LogP contribution < -0.4 is 5.32 Å². The average molecular weight is 250 g/mol. The molecule has 17 heavy (non-hydrogen) atoms. The summed E-state index contributed by atoms with van der Waals surface area (Å²) in [4.78, 5) is 0. The van der Waals surface area contributed by atoms with Gasteiger partial charge in [0.1, 0.15) is 0 Å². The van der Waals surface area contributed by atoms with Gasteiger partial charge in [-0.05, 0) is 54.7 Å². The Hall–Kier alpha value is -0.690. The summed E-state index contributed by atoms with van der Waals surface area (Å²) in [6, 6.07) is 8.50. The van der Waals surface area contributed by atoms with E-state index < -0.39 is 0 Å². The van der Waals surface area contributed by atoms with Gasteiger partial charge in [0, 0.05) is 18.1 Å². The molecule has 3 unspecified atom stereocenters. The molecule has 2 saturated carbocycles. The normalized spacial score (nSPS) is 30.8. The van der Waals surface area contributed by atoms with E-state index in [2.05, 4.69) is 29.6 Å². The molecule has 0 heterocycles. The molecule has 2 fully saturated rings. The number of nitrogens with one attached hydrogen (secondary N) is 1. The third-order valence-electron chi connectivity index (χ3n) is 4.56. The molecule has 3 atom stereocenters. The fraction of sp³-hybridized carbons (Fsp3) is 0.600. The maximum absolute atomic E-state index is 5.78. The van der Waals surface area contributed by atoms with Gasteiger partial charge >= 0.3 is 0 Å². The Bertz CT molecular complexity index is 373. The first kappa shape index (κ1) is 11.4. The van der Waals surface area contributed by atoms with E-state index in [0.717, 1.165) is 24.3 Å². The highest BCUT2D eigenvalue weighted by atomic mass is 35.5. The maximum atomic E-state index is 5.78. The summed E-state index contributed by atoms with van der Waals surface area (Å²) in [6.45, 7) is 1.15. The molecule has 0 spiro atoms. The Morgan fingerprint density at radius 3 is 2.53 bits per heavy atom. The van der Waals surface area contributed by atoms with Gasteiger partial charge in [0.2, 0.25) is 0 Å². The zero-order valence-electron chi connectivity index (χ0n) is 10.2. The van der Waals surface area contributed by atoms with Gasteiger partial charge in [0.25, 0.3) is 0 Å². The number of halogens is 1. The Labute approximate surface area is 109 Å². The molecule has 1 aromatic rings. The van der Waals surface area contributed by atoms with Gasteiger partial charge in [0.05, 0.1) is 0 Å². The lowest BCUT2D eigenvalue weighted by atomic mass is 9.89. The largest absolute Gasteiger partial charge is 0.385 e. The summed E-state index contributed by atoms with van der Waals surface area (Å²) in [7, 11) is 0. The average Bonchev–Trinajstić information content (AvgIpc) is 2.99. The van der Waals surface area contributed by atoms with Crippen LogP contribution in [0.5, 0.6) is 0 Å². The van der Waals surface area contributed by atoms with Crippen molar-refractivity contribution in [2.24, 2.45) is 17.8 Å². The highest BCUT2D eigenvalue weighted by Gasteiger charge is 2.38. The number of anilines is 1. The summed E-state index contributed by atoms with van der Waals surface area (Å²) < 4.78 is 0. The van der Waals surface area contributed by atoms with Crippen molar-refractivity contribution in [1.29, 1.82) is 0 Å². The molecule has 2 aliphatic carbocycles. The van der Waals surface area contributed by atoms with Crippen molar-refractivity contribution in [2.45, 2.75) is 31.6 Å². The van der Waals surface area contributed by atoms with Crippen molar-refractivity contribution in [3.8, 4) is 0 Å². The van der Waals surface area contributed by atoms with Crippen LogP contribution in [-0.4, -0.2) is 6.54 Å². The van der Waals surface area contributed by atoms with Crippen molar-refractivity contribution >= 4 is 17.3 Å². The number of rotatable bonds is 4. The predicted molar refractivity (Wildman–Crippen MR) is 73.4 cm³/mol. The summed E-state index contributed by atoms with van der Waals surface area (Å²) in [6.07, 6.45) is 5.92. The van der Waals surface area contributed by atoms with Crippen LogP contribution in [-0.2, 0) is 5.88 Å². The highest BCUT2D eigenvalue weighted by molar-refractivity contribution is 6.17. The smallest absolute Gasteiger partial charge is 0.0474 e. The second kappa shape index (κ2) is 4.89. The maximum Gasteiger partial charge on any atom is 0.0474 e. The molecule has 1 N–H and O–H groups in total. The fourth-order valence-corrected chi connectivity index (χ4v) is 3.77. The topological polar surface area (TPSA) is 12.0 Å². The Morgan fingerprint density at radius 1 is 1.12 bits per heavy atom. The number of benzene rings is 1. The zero-order valence-corrected chi connectivity index (χ0v) is 10.9. The van der Waals surface area contributed by atoms with Gasteiger partial charge in [-0.1, -0.05) is 18.6 Å². The van der Waals surface area contributed by atoms with E-state index in [0.29, 0.717) is 5.88 Å². The molecule has 0 aromatic heterocycles. The van der Waals surface area contributed by atoms with E-state index in [9.17, 15) is 0 Å². The molecular weight excluding hydrogens is 230 g/mol. The third kappa shape index (κ3) is 2.44. The number of hydrogen-bond donors (Lipinski definition) is 1. The molecule has 0 radical (unpaired) electrons. The minimum atomic E-state index is 0.604. The number of fused-ring (bicyclic) bond motifs is 2. The van der Waals surface area contributed by atoms with Crippen LogP contribution in [0.2, 0.25) is 0 Å². The van der Waals surface area contributed by atoms with Gasteiger partial charge in [-0.25, -0.2) is 0 Å². The minimum absolute atomic E-state index is 0.604. The Morgan fingerprint density at radius 2 is 1.94 bits per heavy atom. The van der Waals surface area contributed by atoms with Crippen LogP contribution in [0.1, 0.15) is 31.2 Å². The van der Waals surface area contributed by atoms with Crippen molar-refractivity contribution in [3.05, 3.63) is 29.8 Å². The monoisotopic (exact) mass is 249 g/mol. The van der Waals surface area contributed by atoms with E-state index in [1.165, 1.54) is 36.9 Å². The summed E-state index contributed by atoms with van der Waals surface area (Å²) in [5.74, 6) is 3.58. The van der Waals surface area contributed by atoms with E-state index in [-0.39, 0.29) is 0 Å². The zero-order chi connectivity index (χ0) is 11.7. The molecule has 0 saturated heterocycles. The molecule has 1 nitrogen and oxygen atoms in total. The molecule has 2 aliphatic rings. The van der Waals surface area contributed by atoms with E-state index in [4.69, 9.17) is 11.6 Å². The minimum Gasteiger partial charge on any atom is -0.385 e. The summed E-state index contributed by atoms with van der Waals surface area (Å²) in [5, 5.41) is 3.58. The predicted octanol–water partition coefficient (Wildman–Crippen LogP) is 4.27. The lowest BCUT2D eigenvalue weighted by Gasteiger charge is -2.22. The third-order valence-corrected chi connectivity index (χ3v) is 4.87. The van der Waals surface area contributed by atoms with Crippen molar-refractivity contribution in [1.82, 2.24) is 0 Å². The van der Waals surface area contributed by atoms with Gasteiger partial charge in [-0.2, -0.15) is 0 Å². The standard InChI is InChI=1S/C15H20ClN/c16-9-11-2-5-15(6-3-11)17-10-14-8-12-1-4-13(14)7-12/h2-3,5-6,12-14,17H,1,4,7-10H2. The SMILES string of the molecule is ClCc1ccc(NCC2CC3CCC2C3)cc1. The molecule has 1 aromatic carbocycles. The van der Waals surface area contributed by atoms with Crippen LogP contribution >= 0.6 is 11.6 Å². The van der Waals surface area contributed by atoms with E-state index >= 15 is 0 Å². The molecular formula is C15H20ClN. The van der Waals surface area contributed by atoms with Crippen molar-refractivity contribution in [3.63, 3.8) is 0 Å². The lowest BCUT2D eigenvalue weighted by Crippen LogP contribution is -2.20. The Kier molecular flexibility index (Phi) is 3.28. The van der Waals surface area contributed by atoms with Gasteiger partial charge < -0.3 is 5.32 Å². The first-order valence-electron chi connectivity index (χ1n) is 6.74. The quantitative estimate of drug-likeness (QED) is 0.786. The van der Waals surface area contributed by atoms with Crippen LogP contribution in [0.25, 0.3) is 0 Å². The fourth-order valence-electron chi connectivity index (χ4n) is 3.59. The van der Waals surface area contributed by atoms with Crippen LogP contribution in [0.15, 0.2) is 24.3 Å². The van der Waals surface area contributed by atoms with Crippen LogP contribution in [0.4, 0.5) is 5.69 Å². The van der Waals surface area contributed by atoms with Gasteiger partial charge in [-0.15, -0.1) is 11.6 Å². The Balaban J connectivity index is 1.53.